The third-order valence-corrected chi connectivity index (χ3v) is 3.30. The Morgan fingerprint density at radius 3 is 2.68 bits per heavy atom. The lowest BCUT2D eigenvalue weighted by Crippen LogP contribution is -2.15. The number of anilines is 1. The lowest BCUT2D eigenvalue weighted by atomic mass is 10.2. The molecule has 1 amide bonds. The van der Waals surface area contributed by atoms with Gasteiger partial charge in [-0.05, 0) is 47.1 Å². The van der Waals surface area contributed by atoms with Gasteiger partial charge >= 0.3 is 0 Å². The van der Waals surface area contributed by atoms with Crippen molar-refractivity contribution in [3.8, 4) is 0 Å². The summed E-state index contributed by atoms with van der Waals surface area (Å²) >= 11 is 3.28. The summed E-state index contributed by atoms with van der Waals surface area (Å²) in [6.45, 7) is 1.75. The Morgan fingerprint density at radius 1 is 1.26 bits per heavy atom. The molecular weight excluding hydrogens is 318 g/mol. The van der Waals surface area contributed by atoms with Crippen LogP contribution >= 0.6 is 15.9 Å². The topological polar surface area (TPSA) is 42.0 Å². The van der Waals surface area contributed by atoms with Crippen molar-refractivity contribution < 1.29 is 13.6 Å². The van der Waals surface area contributed by atoms with Gasteiger partial charge in [0, 0.05) is 4.47 Å². The molecule has 0 spiro atoms. The zero-order valence-electron chi connectivity index (χ0n) is 9.88. The Balaban J connectivity index is 2.26. The Hall–Kier alpha value is -1.82. The van der Waals surface area contributed by atoms with E-state index in [2.05, 4.69) is 26.2 Å². The van der Waals surface area contributed by atoms with Crippen LogP contribution in [-0.2, 0) is 0 Å². The summed E-state index contributed by atoms with van der Waals surface area (Å²) in [7, 11) is 0. The van der Waals surface area contributed by atoms with Crippen molar-refractivity contribution in [3.63, 3.8) is 0 Å². The first kappa shape index (κ1) is 13.6. The number of carbonyl (C=O) groups excluding carboxylic acids is 1. The molecule has 98 valence electrons. The summed E-state index contributed by atoms with van der Waals surface area (Å²) in [5.74, 6) is -2.71. The second kappa shape index (κ2) is 5.44. The predicted octanol–water partition coefficient (Wildman–Crippen LogP) is 3.68. The average Bonchev–Trinajstić information content (AvgIpc) is 2.37. The lowest BCUT2D eigenvalue weighted by Gasteiger charge is -2.07. The van der Waals surface area contributed by atoms with Crippen LogP contribution in [-0.4, -0.2) is 10.9 Å². The van der Waals surface area contributed by atoms with E-state index < -0.39 is 17.5 Å². The van der Waals surface area contributed by atoms with Gasteiger partial charge in [-0.2, -0.15) is 0 Å². The van der Waals surface area contributed by atoms with Crippen LogP contribution < -0.4 is 5.32 Å². The fourth-order valence-electron chi connectivity index (χ4n) is 1.48. The fraction of sp³-hybridized carbons (Fsp3) is 0.0769. The minimum Gasteiger partial charge on any atom is -0.306 e. The molecule has 0 aliphatic heterocycles. The first-order valence-corrected chi connectivity index (χ1v) is 6.17. The molecule has 0 saturated heterocycles. The summed E-state index contributed by atoms with van der Waals surface area (Å²) in [5.41, 5.74) is 0.319. The van der Waals surface area contributed by atoms with Gasteiger partial charge in [-0.1, -0.05) is 6.07 Å². The number of aryl methyl sites for hydroxylation is 1. The molecule has 2 aromatic rings. The minimum atomic E-state index is -1.17. The van der Waals surface area contributed by atoms with Crippen LogP contribution in [0.25, 0.3) is 0 Å². The third kappa shape index (κ3) is 2.96. The fourth-order valence-corrected chi connectivity index (χ4v) is 1.70. The van der Waals surface area contributed by atoms with Crippen LogP contribution in [0.3, 0.4) is 0 Å². The molecule has 0 radical (unpaired) electrons. The molecule has 1 aromatic heterocycles. The van der Waals surface area contributed by atoms with Crippen molar-refractivity contribution in [2.45, 2.75) is 6.92 Å². The van der Waals surface area contributed by atoms with E-state index in [4.69, 9.17) is 0 Å². The minimum absolute atomic E-state index is 0.273. The van der Waals surface area contributed by atoms with Crippen LogP contribution in [0.1, 0.15) is 16.1 Å². The number of hydrogen-bond donors (Lipinski definition) is 1. The number of amides is 1. The number of hydrogen-bond acceptors (Lipinski definition) is 2. The molecule has 0 atom stereocenters. The van der Waals surface area contributed by atoms with Crippen LogP contribution in [0, 0.1) is 18.6 Å². The Kier molecular flexibility index (Phi) is 3.90. The summed E-state index contributed by atoms with van der Waals surface area (Å²) in [6.07, 6.45) is 0. The van der Waals surface area contributed by atoms with Gasteiger partial charge in [-0.25, -0.2) is 13.8 Å². The number of nitrogens with one attached hydrogen (secondary N) is 1. The van der Waals surface area contributed by atoms with E-state index in [1.807, 2.05) is 0 Å². The van der Waals surface area contributed by atoms with E-state index in [1.165, 1.54) is 12.1 Å². The molecule has 2 rings (SSSR count). The van der Waals surface area contributed by atoms with Gasteiger partial charge < -0.3 is 5.32 Å². The Morgan fingerprint density at radius 2 is 2.00 bits per heavy atom. The molecular formula is C13H9BrF2N2O. The summed E-state index contributed by atoms with van der Waals surface area (Å²) < 4.78 is 27.2. The predicted molar refractivity (Wildman–Crippen MR) is 71.0 cm³/mol. The summed E-state index contributed by atoms with van der Waals surface area (Å²) in [6, 6.07) is 6.70. The highest BCUT2D eigenvalue weighted by atomic mass is 79.9. The summed E-state index contributed by atoms with van der Waals surface area (Å²) in [4.78, 5) is 15.9. The van der Waals surface area contributed by atoms with E-state index in [1.54, 1.807) is 19.1 Å². The molecule has 0 bridgehead atoms. The molecule has 19 heavy (non-hydrogen) atoms. The van der Waals surface area contributed by atoms with Crippen molar-refractivity contribution in [3.05, 3.63) is 57.7 Å². The van der Waals surface area contributed by atoms with Gasteiger partial charge in [0.25, 0.3) is 5.91 Å². The number of carbonyl (C=O) groups is 1. The van der Waals surface area contributed by atoms with Gasteiger partial charge in [-0.3, -0.25) is 4.79 Å². The van der Waals surface area contributed by atoms with Crippen molar-refractivity contribution in [1.82, 2.24) is 4.98 Å². The quantitative estimate of drug-likeness (QED) is 0.914. The van der Waals surface area contributed by atoms with Gasteiger partial charge in [0.2, 0.25) is 0 Å². The number of pyridine rings is 1. The highest BCUT2D eigenvalue weighted by molar-refractivity contribution is 9.10. The second-order valence-electron chi connectivity index (χ2n) is 3.82. The van der Waals surface area contributed by atoms with Gasteiger partial charge in [0.15, 0.2) is 11.6 Å². The molecule has 0 unspecified atom stereocenters. The average molecular weight is 327 g/mol. The van der Waals surface area contributed by atoms with E-state index >= 15 is 0 Å². The number of aromatic nitrogens is 1. The van der Waals surface area contributed by atoms with Crippen molar-refractivity contribution in [2.75, 3.05) is 5.32 Å². The summed E-state index contributed by atoms with van der Waals surface area (Å²) in [5, 5.41) is 2.42. The van der Waals surface area contributed by atoms with Gasteiger partial charge in [0.05, 0.1) is 11.3 Å². The first-order chi connectivity index (χ1) is 8.99. The SMILES string of the molecule is Cc1nc(NC(=O)c2cccc(F)c2F)ccc1Br. The maximum Gasteiger partial charge on any atom is 0.259 e. The standard InChI is InChI=1S/C13H9BrF2N2O/c1-7-9(14)5-6-11(17-7)18-13(19)8-3-2-4-10(15)12(8)16/h2-6H,1H3,(H,17,18,19). The third-order valence-electron chi connectivity index (χ3n) is 2.46. The molecule has 0 fully saturated rings. The van der Waals surface area contributed by atoms with Crippen LogP contribution in [0.15, 0.2) is 34.8 Å². The van der Waals surface area contributed by atoms with Gasteiger partial charge in [-0.15, -0.1) is 0 Å². The van der Waals surface area contributed by atoms with Crippen LogP contribution in [0.5, 0.6) is 0 Å². The van der Waals surface area contributed by atoms with Crippen LogP contribution in [0.2, 0.25) is 0 Å². The van der Waals surface area contributed by atoms with Crippen molar-refractivity contribution >= 4 is 27.7 Å². The number of halogens is 3. The number of nitrogens with zero attached hydrogens (tertiary/aromatic N) is 1. The molecule has 6 heteroatoms. The largest absolute Gasteiger partial charge is 0.306 e. The molecule has 3 nitrogen and oxygen atoms in total. The molecule has 1 aromatic carbocycles. The first-order valence-electron chi connectivity index (χ1n) is 5.37. The lowest BCUT2D eigenvalue weighted by molar-refractivity contribution is 0.102. The maximum atomic E-state index is 13.4. The van der Waals surface area contributed by atoms with Crippen LogP contribution in [0.4, 0.5) is 14.6 Å². The normalized spacial score (nSPS) is 10.3. The zero-order chi connectivity index (χ0) is 14.0. The smallest absolute Gasteiger partial charge is 0.259 e. The maximum absolute atomic E-state index is 13.4. The highest BCUT2D eigenvalue weighted by Crippen LogP contribution is 2.18. The van der Waals surface area contributed by atoms with Crippen molar-refractivity contribution in [1.29, 1.82) is 0 Å². The van der Waals surface area contributed by atoms with E-state index in [0.29, 0.717) is 5.69 Å². The van der Waals surface area contributed by atoms with E-state index in [9.17, 15) is 13.6 Å². The molecule has 1 N–H and O–H groups in total. The van der Waals surface area contributed by atoms with Gasteiger partial charge in [0.1, 0.15) is 5.82 Å². The molecule has 1 heterocycles. The number of benzene rings is 1. The van der Waals surface area contributed by atoms with E-state index in [0.717, 1.165) is 10.5 Å². The highest BCUT2D eigenvalue weighted by Gasteiger charge is 2.15. The van der Waals surface area contributed by atoms with E-state index in [-0.39, 0.29) is 11.4 Å². The second-order valence-corrected chi connectivity index (χ2v) is 4.67. The molecule has 0 saturated carbocycles. The monoisotopic (exact) mass is 326 g/mol. The number of rotatable bonds is 2. The zero-order valence-corrected chi connectivity index (χ0v) is 11.5. The Bertz CT molecular complexity index is 647. The Labute approximate surface area is 116 Å². The molecule has 0 aliphatic rings. The molecule has 0 aliphatic carbocycles. The van der Waals surface area contributed by atoms with Crippen molar-refractivity contribution in [2.24, 2.45) is 0 Å².